The lowest BCUT2D eigenvalue weighted by Gasteiger charge is -2.12. The van der Waals surface area contributed by atoms with Gasteiger partial charge in [-0.2, -0.15) is 0 Å². The van der Waals surface area contributed by atoms with Gasteiger partial charge >= 0.3 is 5.97 Å². The molecule has 0 heterocycles. The predicted molar refractivity (Wildman–Crippen MR) is 102 cm³/mol. The summed E-state index contributed by atoms with van der Waals surface area (Å²) in [5.41, 5.74) is 7.36. The molecule has 138 valence electrons. The second-order valence-electron chi connectivity index (χ2n) is 5.75. The van der Waals surface area contributed by atoms with Crippen molar-refractivity contribution < 1.29 is 18.3 Å². The number of nitrogens with one attached hydrogen (secondary N) is 1. The minimum absolute atomic E-state index is 0.125. The number of aliphatic imine (C=N–C) groups is 1. The Hall–Kier alpha value is -2.71. The van der Waals surface area contributed by atoms with Gasteiger partial charge in [0.15, 0.2) is 0 Å². The number of para-hydroxylation sites is 1. The van der Waals surface area contributed by atoms with Gasteiger partial charge in [-0.25, -0.2) is 8.42 Å². The molecule has 0 radical (unpaired) electrons. The van der Waals surface area contributed by atoms with E-state index in [4.69, 9.17) is 10.8 Å². The molecule has 0 amide bonds. The van der Waals surface area contributed by atoms with E-state index in [1.165, 1.54) is 7.05 Å². The monoisotopic (exact) mass is 375 g/mol. The Morgan fingerprint density at radius 2 is 1.81 bits per heavy atom. The van der Waals surface area contributed by atoms with Crippen LogP contribution in [0.25, 0.3) is 0 Å². The molecular weight excluding hydrogens is 354 g/mol. The highest BCUT2D eigenvalue weighted by Gasteiger charge is 2.21. The van der Waals surface area contributed by atoms with E-state index in [9.17, 15) is 13.2 Å². The van der Waals surface area contributed by atoms with E-state index in [0.717, 1.165) is 0 Å². The number of carbonyl (C=O) groups is 1. The Bertz CT molecular complexity index is 896. The molecule has 1 unspecified atom stereocenters. The minimum Gasteiger partial charge on any atom is -0.480 e. The zero-order chi connectivity index (χ0) is 19.2. The first-order valence-corrected chi connectivity index (χ1v) is 9.55. The van der Waals surface area contributed by atoms with Gasteiger partial charge < -0.3 is 16.2 Å². The standard InChI is InChI=1S/C18H21N3O4S/c1-20-18(21-15-8-3-2-4-9-15)26(24,25)12-14-7-5-6-13(10-14)11-16(19)17(22)23/h2-10,16H,11-12,19H2,1H3,(H,20,21)(H,22,23). The molecule has 0 saturated carbocycles. The molecule has 2 rings (SSSR count). The smallest absolute Gasteiger partial charge is 0.320 e. The number of sulfone groups is 1. The highest BCUT2D eigenvalue weighted by molar-refractivity contribution is 8.06. The number of nitrogens with two attached hydrogens (primary N) is 1. The average molecular weight is 375 g/mol. The van der Waals surface area contributed by atoms with Gasteiger partial charge in [-0.05, 0) is 29.7 Å². The number of anilines is 1. The van der Waals surface area contributed by atoms with Crippen LogP contribution in [-0.2, 0) is 26.8 Å². The van der Waals surface area contributed by atoms with E-state index in [1.54, 1.807) is 48.5 Å². The largest absolute Gasteiger partial charge is 0.480 e. The molecule has 0 aromatic heterocycles. The number of benzene rings is 2. The lowest BCUT2D eigenvalue weighted by molar-refractivity contribution is -0.138. The van der Waals surface area contributed by atoms with E-state index < -0.39 is 21.8 Å². The summed E-state index contributed by atoms with van der Waals surface area (Å²) in [7, 11) is -2.29. The first kappa shape index (κ1) is 19.6. The van der Waals surface area contributed by atoms with E-state index in [0.29, 0.717) is 16.8 Å². The van der Waals surface area contributed by atoms with Crippen molar-refractivity contribution >= 4 is 26.7 Å². The third-order valence-corrected chi connectivity index (χ3v) is 5.23. The van der Waals surface area contributed by atoms with E-state index >= 15 is 0 Å². The molecule has 2 aromatic carbocycles. The molecule has 2 aromatic rings. The molecule has 26 heavy (non-hydrogen) atoms. The molecule has 7 nitrogen and oxygen atoms in total. The van der Waals surface area contributed by atoms with Crippen molar-refractivity contribution in [3.63, 3.8) is 0 Å². The van der Waals surface area contributed by atoms with Crippen LogP contribution in [0.3, 0.4) is 0 Å². The molecule has 4 N–H and O–H groups in total. The predicted octanol–water partition coefficient (Wildman–Crippen LogP) is 1.65. The summed E-state index contributed by atoms with van der Waals surface area (Å²) < 4.78 is 25.3. The topological polar surface area (TPSA) is 122 Å². The Labute approximate surface area is 152 Å². The second kappa shape index (κ2) is 8.59. The summed E-state index contributed by atoms with van der Waals surface area (Å²) in [4.78, 5) is 14.7. The van der Waals surface area contributed by atoms with Gasteiger partial charge in [0, 0.05) is 12.7 Å². The number of amidine groups is 1. The maximum absolute atomic E-state index is 12.7. The number of carboxylic acid groups (broad SMARTS) is 1. The summed E-state index contributed by atoms with van der Waals surface area (Å²) >= 11 is 0. The number of carboxylic acids is 1. The molecule has 8 heteroatoms. The van der Waals surface area contributed by atoms with Crippen molar-refractivity contribution in [1.29, 1.82) is 0 Å². The fourth-order valence-corrected chi connectivity index (χ4v) is 3.70. The van der Waals surface area contributed by atoms with Crippen LogP contribution in [0.1, 0.15) is 11.1 Å². The molecule has 0 aliphatic heterocycles. The number of aliphatic carboxylic acids is 1. The first-order valence-electron chi connectivity index (χ1n) is 7.89. The van der Waals surface area contributed by atoms with Gasteiger partial charge in [-0.15, -0.1) is 0 Å². The highest BCUT2D eigenvalue weighted by atomic mass is 32.2. The van der Waals surface area contributed by atoms with Crippen LogP contribution in [0.4, 0.5) is 5.69 Å². The van der Waals surface area contributed by atoms with Crippen molar-refractivity contribution in [2.45, 2.75) is 18.2 Å². The quantitative estimate of drug-likeness (QED) is 0.521. The number of hydrogen-bond acceptors (Lipinski definition) is 5. The Balaban J connectivity index is 2.16. The lowest BCUT2D eigenvalue weighted by Crippen LogP contribution is -2.32. The van der Waals surface area contributed by atoms with Crippen LogP contribution in [0.15, 0.2) is 59.6 Å². The number of hydrogen-bond donors (Lipinski definition) is 3. The van der Waals surface area contributed by atoms with Crippen molar-refractivity contribution in [2.75, 3.05) is 12.4 Å². The molecule has 0 aliphatic rings. The maximum Gasteiger partial charge on any atom is 0.320 e. The van der Waals surface area contributed by atoms with Crippen LogP contribution in [-0.4, -0.2) is 37.8 Å². The fourth-order valence-electron chi connectivity index (χ4n) is 2.39. The van der Waals surface area contributed by atoms with Gasteiger partial charge in [0.1, 0.15) is 6.04 Å². The van der Waals surface area contributed by atoms with Gasteiger partial charge in [0.25, 0.3) is 0 Å². The molecular formula is C18H21N3O4S. The summed E-state index contributed by atoms with van der Waals surface area (Å²) in [5, 5.41) is 11.6. The summed E-state index contributed by atoms with van der Waals surface area (Å²) in [6.07, 6.45) is 0.125. The van der Waals surface area contributed by atoms with Crippen molar-refractivity contribution in [3.8, 4) is 0 Å². The molecule has 1 atom stereocenters. The zero-order valence-electron chi connectivity index (χ0n) is 14.3. The SMILES string of the molecule is CN=C(Nc1ccccc1)S(=O)(=O)Cc1cccc(CC(N)C(=O)O)c1. The zero-order valence-corrected chi connectivity index (χ0v) is 15.1. The second-order valence-corrected chi connectivity index (χ2v) is 7.65. The molecule has 0 bridgehead atoms. The van der Waals surface area contributed by atoms with E-state index in [2.05, 4.69) is 10.3 Å². The van der Waals surface area contributed by atoms with Gasteiger partial charge in [0.2, 0.25) is 15.0 Å². The van der Waals surface area contributed by atoms with Crippen LogP contribution in [0.5, 0.6) is 0 Å². The van der Waals surface area contributed by atoms with Crippen molar-refractivity contribution in [1.82, 2.24) is 0 Å². The average Bonchev–Trinajstić information content (AvgIpc) is 2.60. The van der Waals surface area contributed by atoms with Gasteiger partial charge in [0.05, 0.1) is 5.75 Å². The third kappa shape index (κ3) is 5.40. The van der Waals surface area contributed by atoms with Crippen molar-refractivity contribution in [3.05, 3.63) is 65.7 Å². The summed E-state index contributed by atoms with van der Waals surface area (Å²) in [6.45, 7) is 0. The van der Waals surface area contributed by atoms with E-state index in [1.807, 2.05) is 6.07 Å². The lowest BCUT2D eigenvalue weighted by atomic mass is 10.0. The van der Waals surface area contributed by atoms with Crippen molar-refractivity contribution in [2.24, 2.45) is 10.7 Å². The molecule has 0 fully saturated rings. The van der Waals surface area contributed by atoms with Crippen LogP contribution >= 0.6 is 0 Å². The Morgan fingerprint density at radius 3 is 2.42 bits per heavy atom. The van der Waals surface area contributed by atoms with Crippen LogP contribution in [0.2, 0.25) is 0 Å². The van der Waals surface area contributed by atoms with E-state index in [-0.39, 0.29) is 17.3 Å². The molecule has 0 aliphatic carbocycles. The Kier molecular flexibility index (Phi) is 6.48. The Morgan fingerprint density at radius 1 is 1.15 bits per heavy atom. The highest BCUT2D eigenvalue weighted by Crippen LogP contribution is 2.14. The van der Waals surface area contributed by atoms with Crippen LogP contribution < -0.4 is 11.1 Å². The first-order chi connectivity index (χ1) is 12.3. The van der Waals surface area contributed by atoms with Gasteiger partial charge in [-0.1, -0.05) is 42.5 Å². The maximum atomic E-state index is 12.7. The molecule has 0 saturated heterocycles. The van der Waals surface area contributed by atoms with Crippen LogP contribution in [0, 0.1) is 0 Å². The number of rotatable bonds is 6. The molecule has 0 spiro atoms. The summed E-state index contributed by atoms with van der Waals surface area (Å²) in [6, 6.07) is 14.6. The number of nitrogens with zero attached hydrogens (tertiary/aromatic N) is 1. The normalized spacial score (nSPS) is 13.2. The summed E-state index contributed by atoms with van der Waals surface area (Å²) in [5.74, 6) is -1.36. The minimum atomic E-state index is -3.69. The van der Waals surface area contributed by atoms with Gasteiger partial charge in [-0.3, -0.25) is 9.79 Å². The third-order valence-electron chi connectivity index (χ3n) is 3.64. The fraction of sp³-hybridized carbons (Fsp3) is 0.222.